The number of carboxylic acid groups (broad SMARTS) is 3. The van der Waals surface area contributed by atoms with E-state index >= 15 is 0 Å². The Morgan fingerprint density at radius 1 is 1.05 bits per heavy atom. The Kier molecular flexibility index (Phi) is 8.90. The van der Waals surface area contributed by atoms with Crippen molar-refractivity contribution in [2.75, 3.05) is 17.3 Å². The number of hydrogen-bond acceptors (Lipinski definition) is 7. The van der Waals surface area contributed by atoms with E-state index in [2.05, 4.69) is 11.5 Å². The van der Waals surface area contributed by atoms with Gasteiger partial charge in [0.25, 0.3) is 4.75 Å². The average molecular weight is 340 g/mol. The maximum absolute atomic E-state index is 11.2. The Labute approximate surface area is 129 Å². The smallest absolute Gasteiger partial charge is 0.339 e. The normalized spacial score (nSPS) is 10.9. The highest BCUT2D eigenvalue weighted by Crippen LogP contribution is 2.34. The highest BCUT2D eigenvalue weighted by atomic mass is 32.2. The summed E-state index contributed by atoms with van der Waals surface area (Å²) in [5.41, 5.74) is 0. The number of hydrogen-bond donors (Lipinski definition) is 4. The lowest BCUT2D eigenvalue weighted by Gasteiger charge is -2.23. The molecule has 0 amide bonds. The Morgan fingerprint density at radius 2 is 1.62 bits per heavy atom. The highest BCUT2D eigenvalue weighted by Gasteiger charge is 2.52. The summed E-state index contributed by atoms with van der Waals surface area (Å²) >= 11 is 1.94. The summed E-state index contributed by atoms with van der Waals surface area (Å²) in [5.74, 6) is -3.93. The number of carboxylic acids is 3. The van der Waals surface area contributed by atoms with Crippen LogP contribution < -0.4 is 0 Å². The summed E-state index contributed by atoms with van der Waals surface area (Å²) in [7, 11) is 0. The van der Waals surface area contributed by atoms with Gasteiger partial charge < -0.3 is 20.2 Å². The van der Waals surface area contributed by atoms with E-state index in [1.165, 1.54) is 11.8 Å². The van der Waals surface area contributed by atoms with Crippen molar-refractivity contribution >= 4 is 41.4 Å². The second-order valence-corrected chi connectivity index (χ2v) is 6.30. The zero-order valence-electron chi connectivity index (χ0n) is 11.0. The van der Waals surface area contributed by atoms with Crippen LogP contribution in [0.15, 0.2) is 12.3 Å². The molecule has 0 saturated carbocycles. The van der Waals surface area contributed by atoms with Crippen LogP contribution in [-0.4, -0.2) is 60.5 Å². The van der Waals surface area contributed by atoms with E-state index in [0.717, 1.165) is 0 Å². The van der Waals surface area contributed by atoms with E-state index in [4.69, 9.17) is 20.6 Å². The molecule has 0 aromatic heterocycles. The Balaban J connectivity index is 4.39. The summed E-state index contributed by atoms with van der Waals surface area (Å²) in [5, 5.41) is 35.1. The molecule has 10 heteroatoms. The summed E-state index contributed by atoms with van der Waals surface area (Å²) in [4.78, 5) is 36.4. The number of thioether (sulfide) groups is 2. The van der Waals surface area contributed by atoms with E-state index < -0.39 is 28.4 Å². The minimum Gasteiger partial charge on any atom is -0.481 e. The van der Waals surface area contributed by atoms with Crippen molar-refractivity contribution in [3.05, 3.63) is 12.3 Å². The van der Waals surface area contributed by atoms with Gasteiger partial charge in [0.2, 0.25) is 0 Å². The lowest BCUT2D eigenvalue weighted by atomic mass is 10.1. The maximum atomic E-state index is 11.2. The van der Waals surface area contributed by atoms with E-state index in [1.54, 1.807) is 0 Å². The molecule has 0 heterocycles. The predicted molar refractivity (Wildman–Crippen MR) is 77.5 cm³/mol. The Morgan fingerprint density at radius 3 is 2.05 bits per heavy atom. The van der Waals surface area contributed by atoms with E-state index in [9.17, 15) is 14.4 Å². The molecule has 0 atom stereocenters. The fourth-order valence-electron chi connectivity index (χ4n) is 1.25. The third-order valence-electron chi connectivity index (χ3n) is 2.32. The molecule has 0 aromatic rings. The van der Waals surface area contributed by atoms with E-state index in [1.807, 2.05) is 0 Å². The first kappa shape index (κ1) is 19.6. The molecule has 0 radical (unpaired) electrons. The van der Waals surface area contributed by atoms with Crippen LogP contribution in [0.25, 0.3) is 0 Å². The third kappa shape index (κ3) is 5.86. The summed E-state index contributed by atoms with van der Waals surface area (Å²) < 4.78 is -2.47. The van der Waals surface area contributed by atoms with Gasteiger partial charge in [0.15, 0.2) is 5.76 Å². The zero-order valence-corrected chi connectivity index (χ0v) is 12.6. The Bertz CT molecular complexity index is 395. The molecule has 0 rings (SSSR count). The predicted octanol–water partition coefficient (Wildman–Crippen LogP) is 1.23. The second kappa shape index (κ2) is 9.53. The molecular formula is C11H16O8S2. The topological polar surface area (TPSA) is 141 Å². The quantitative estimate of drug-likeness (QED) is 0.135. The number of rotatable bonds is 12. The molecule has 0 fully saturated rings. The summed E-state index contributed by atoms with van der Waals surface area (Å²) in [6.45, 7) is 3.11. The van der Waals surface area contributed by atoms with Crippen molar-refractivity contribution in [1.29, 1.82) is 0 Å². The first-order chi connectivity index (χ1) is 9.78. The van der Waals surface area contributed by atoms with Crippen LogP contribution in [-0.2, 0) is 19.3 Å². The molecule has 8 nitrogen and oxygen atoms in total. The van der Waals surface area contributed by atoms with Gasteiger partial charge in [-0.05, 0) is 17.9 Å². The lowest BCUT2D eigenvalue weighted by molar-refractivity contribution is -0.211. The molecule has 0 aliphatic carbocycles. The highest BCUT2D eigenvalue weighted by molar-refractivity contribution is 8.02. The third-order valence-corrected chi connectivity index (χ3v) is 4.89. The molecule has 0 aliphatic heterocycles. The van der Waals surface area contributed by atoms with Crippen molar-refractivity contribution < 1.29 is 39.8 Å². The van der Waals surface area contributed by atoms with Crippen molar-refractivity contribution in [2.24, 2.45) is 0 Å². The molecule has 0 unspecified atom stereocenters. The van der Waals surface area contributed by atoms with Gasteiger partial charge in [-0.15, -0.1) is 11.8 Å². The van der Waals surface area contributed by atoms with Crippen molar-refractivity contribution in [3.8, 4) is 0 Å². The zero-order chi connectivity index (χ0) is 16.5. The maximum Gasteiger partial charge on any atom is 0.339 e. The van der Waals surface area contributed by atoms with Crippen LogP contribution in [0.3, 0.4) is 0 Å². The minimum atomic E-state index is -2.47. The van der Waals surface area contributed by atoms with Crippen LogP contribution in [0.4, 0.5) is 0 Å². The van der Waals surface area contributed by atoms with Crippen molar-refractivity contribution in [1.82, 2.24) is 0 Å². The number of aliphatic carboxylic acids is 3. The van der Waals surface area contributed by atoms with E-state index in [-0.39, 0.29) is 12.2 Å². The van der Waals surface area contributed by atoms with Crippen LogP contribution in [0, 0.1) is 0 Å². The van der Waals surface area contributed by atoms with Gasteiger partial charge in [0.05, 0.1) is 6.42 Å². The standard InChI is InChI=1S/C11H16O8S2/c1-7(19-18)11(9(14)15,10(16)17)21-5-2-4-20-6-3-8(12)13/h18H,1-6H2,(H,12,13)(H,14,15)(H,16,17). The van der Waals surface area contributed by atoms with Gasteiger partial charge in [0, 0.05) is 5.75 Å². The van der Waals surface area contributed by atoms with Crippen molar-refractivity contribution in [3.63, 3.8) is 0 Å². The molecule has 0 spiro atoms. The first-order valence-electron chi connectivity index (χ1n) is 5.70. The molecule has 0 aromatic carbocycles. The Hall–Kier alpha value is -1.39. The summed E-state index contributed by atoms with van der Waals surface area (Å²) in [6, 6.07) is 0. The van der Waals surface area contributed by atoms with Crippen molar-refractivity contribution in [2.45, 2.75) is 17.6 Å². The van der Waals surface area contributed by atoms with Crippen LogP contribution in [0.2, 0.25) is 0 Å². The molecule has 4 N–H and O–H groups in total. The van der Waals surface area contributed by atoms with Crippen LogP contribution in [0.1, 0.15) is 12.8 Å². The number of carbonyl (C=O) groups is 3. The lowest BCUT2D eigenvalue weighted by Crippen LogP contribution is -2.46. The van der Waals surface area contributed by atoms with Gasteiger partial charge in [-0.25, -0.2) is 14.8 Å². The molecule has 0 saturated heterocycles. The monoisotopic (exact) mass is 340 g/mol. The molecular weight excluding hydrogens is 324 g/mol. The van der Waals surface area contributed by atoms with E-state index in [0.29, 0.717) is 29.7 Å². The fraction of sp³-hybridized carbons (Fsp3) is 0.545. The SMILES string of the molecule is C=C(OO)C(SCCCSCCC(=O)O)(C(=O)O)C(=O)O. The van der Waals surface area contributed by atoms with Crippen LogP contribution in [0.5, 0.6) is 0 Å². The van der Waals surface area contributed by atoms with Gasteiger partial charge in [-0.1, -0.05) is 6.58 Å². The fourth-order valence-corrected chi connectivity index (χ4v) is 3.34. The minimum absolute atomic E-state index is 0.0289. The summed E-state index contributed by atoms with van der Waals surface area (Å²) in [6.07, 6.45) is 0.497. The largest absolute Gasteiger partial charge is 0.481 e. The van der Waals surface area contributed by atoms with Gasteiger partial charge in [0.1, 0.15) is 0 Å². The molecule has 0 aliphatic rings. The second-order valence-electron chi connectivity index (χ2n) is 3.76. The molecule has 120 valence electrons. The van der Waals surface area contributed by atoms with Gasteiger partial charge >= 0.3 is 17.9 Å². The molecule has 0 bridgehead atoms. The average Bonchev–Trinajstić information content (AvgIpc) is 2.40. The first-order valence-corrected chi connectivity index (χ1v) is 7.84. The van der Waals surface area contributed by atoms with Crippen LogP contribution >= 0.6 is 23.5 Å². The van der Waals surface area contributed by atoms with Gasteiger partial charge in [-0.3, -0.25) is 4.79 Å². The molecule has 21 heavy (non-hydrogen) atoms. The van der Waals surface area contributed by atoms with Gasteiger partial charge in [-0.2, -0.15) is 11.8 Å².